The Bertz CT molecular complexity index is 937. The van der Waals surface area contributed by atoms with Crippen LogP contribution in [-0.4, -0.2) is 49.1 Å². The smallest absolute Gasteiger partial charge is 0.247 e. The molecule has 0 bridgehead atoms. The Labute approximate surface area is 184 Å². The number of amides is 2. The molecular weight excluding hydrogens is 416 g/mol. The highest BCUT2D eigenvalue weighted by Crippen LogP contribution is 2.39. The topological polar surface area (TPSA) is 84.0 Å². The summed E-state index contributed by atoms with van der Waals surface area (Å²) in [6, 6.07) is 4.94. The predicted molar refractivity (Wildman–Crippen MR) is 116 cm³/mol. The third kappa shape index (κ3) is 4.00. The summed E-state index contributed by atoms with van der Waals surface area (Å²) in [4.78, 5) is 27.1. The molecule has 2 amide bonds. The number of methoxy groups -OCH3 is 1. The summed E-state index contributed by atoms with van der Waals surface area (Å²) >= 11 is 0. The average Bonchev–Trinajstić information content (AvgIpc) is 3.04. The average molecular weight is 449 g/mol. The van der Waals surface area contributed by atoms with E-state index >= 15 is 0 Å². The molecular formula is C23H32N2O5S. The zero-order valence-electron chi connectivity index (χ0n) is 18.4. The molecule has 4 rings (SSSR count). The summed E-state index contributed by atoms with van der Waals surface area (Å²) in [6.45, 7) is 2.62. The van der Waals surface area contributed by atoms with Crippen LogP contribution in [0.5, 0.6) is 5.75 Å². The summed E-state index contributed by atoms with van der Waals surface area (Å²) in [5.41, 5.74) is 0.629. The van der Waals surface area contributed by atoms with E-state index in [1.807, 2.05) is 6.92 Å². The Balaban J connectivity index is 1.64. The lowest BCUT2D eigenvalue weighted by Gasteiger charge is -2.34. The quantitative estimate of drug-likeness (QED) is 0.624. The van der Waals surface area contributed by atoms with Gasteiger partial charge in [0.1, 0.15) is 10.6 Å². The van der Waals surface area contributed by atoms with E-state index in [9.17, 15) is 18.0 Å². The van der Waals surface area contributed by atoms with Crippen molar-refractivity contribution >= 4 is 21.8 Å². The van der Waals surface area contributed by atoms with Gasteiger partial charge in [0, 0.05) is 12.6 Å². The maximum Gasteiger partial charge on any atom is 0.247 e. The van der Waals surface area contributed by atoms with Crippen molar-refractivity contribution in [2.75, 3.05) is 13.7 Å². The van der Waals surface area contributed by atoms with Crippen LogP contribution < -0.4 is 4.74 Å². The first-order chi connectivity index (χ1) is 14.9. The van der Waals surface area contributed by atoms with Gasteiger partial charge in [0.2, 0.25) is 21.8 Å². The van der Waals surface area contributed by atoms with Gasteiger partial charge in [0.25, 0.3) is 0 Å². The normalized spacial score (nSPS) is 27.4. The third-order valence-electron chi connectivity index (χ3n) is 7.13. The number of rotatable bonds is 6. The first-order valence-corrected chi connectivity index (χ1v) is 12.9. The van der Waals surface area contributed by atoms with Crippen molar-refractivity contribution in [2.45, 2.75) is 75.8 Å². The monoisotopic (exact) mass is 448 g/mol. The standard InChI is InChI=1S/C23H32N2O5S/c1-3-17-8-6-7-13-25(17)31(28,29)21-14-16(11-12-20(21)30-2)15-24-22(26)18-9-4-5-10-19(18)23(24)27/h11-12,14,17-19H,3-10,13,15H2,1-2H3/t17-,18-,19-/m1/s1. The van der Waals surface area contributed by atoms with Crippen molar-refractivity contribution in [2.24, 2.45) is 11.8 Å². The molecule has 7 nitrogen and oxygen atoms in total. The number of hydrogen-bond donors (Lipinski definition) is 0. The SMILES string of the molecule is CC[C@@H]1CCCCN1S(=O)(=O)c1cc(CN2C(=O)[C@@H]3CCCC[C@H]3C2=O)ccc1OC. The molecule has 2 saturated heterocycles. The fraction of sp³-hybridized carbons (Fsp3) is 0.652. The van der Waals surface area contributed by atoms with Gasteiger partial charge in [0.05, 0.1) is 25.5 Å². The summed E-state index contributed by atoms with van der Waals surface area (Å²) in [6.07, 6.45) is 6.99. The largest absolute Gasteiger partial charge is 0.495 e. The van der Waals surface area contributed by atoms with Gasteiger partial charge in [-0.3, -0.25) is 14.5 Å². The van der Waals surface area contributed by atoms with E-state index in [0.717, 1.165) is 51.4 Å². The molecule has 8 heteroatoms. The van der Waals surface area contributed by atoms with Crippen molar-refractivity contribution in [3.05, 3.63) is 23.8 Å². The van der Waals surface area contributed by atoms with Crippen LogP contribution >= 0.6 is 0 Å². The first kappa shape index (κ1) is 22.3. The number of piperidine rings is 1. The van der Waals surface area contributed by atoms with Gasteiger partial charge >= 0.3 is 0 Å². The second kappa shape index (κ2) is 8.90. The number of ether oxygens (including phenoxy) is 1. The number of carbonyl (C=O) groups is 2. The van der Waals surface area contributed by atoms with Crippen LogP contribution in [0, 0.1) is 11.8 Å². The van der Waals surface area contributed by atoms with Crippen molar-refractivity contribution in [1.82, 2.24) is 9.21 Å². The van der Waals surface area contributed by atoms with Crippen LogP contribution in [0.1, 0.15) is 63.9 Å². The van der Waals surface area contributed by atoms with Crippen molar-refractivity contribution in [3.63, 3.8) is 0 Å². The summed E-state index contributed by atoms with van der Waals surface area (Å²) < 4.78 is 34.1. The Morgan fingerprint density at radius 3 is 2.26 bits per heavy atom. The Morgan fingerprint density at radius 1 is 1.00 bits per heavy atom. The summed E-state index contributed by atoms with van der Waals surface area (Å²) in [5.74, 6) is -0.353. The van der Waals surface area contributed by atoms with Gasteiger partial charge in [-0.15, -0.1) is 0 Å². The second-order valence-electron chi connectivity index (χ2n) is 8.92. The number of fused-ring (bicyclic) bond motifs is 1. The minimum atomic E-state index is -3.75. The molecule has 170 valence electrons. The van der Waals surface area contributed by atoms with E-state index in [-0.39, 0.29) is 46.9 Å². The van der Waals surface area contributed by atoms with Crippen LogP contribution in [-0.2, 0) is 26.2 Å². The molecule has 1 saturated carbocycles. The molecule has 3 aliphatic rings. The number of likely N-dealkylation sites (tertiary alicyclic amines) is 1. The minimum absolute atomic E-state index is 0.0167. The molecule has 3 atom stereocenters. The zero-order chi connectivity index (χ0) is 22.2. The molecule has 0 radical (unpaired) electrons. The van der Waals surface area contributed by atoms with E-state index in [0.29, 0.717) is 12.1 Å². The Kier molecular flexibility index (Phi) is 6.40. The van der Waals surface area contributed by atoms with Gasteiger partial charge in [-0.25, -0.2) is 8.42 Å². The van der Waals surface area contributed by atoms with Crippen LogP contribution in [0.3, 0.4) is 0 Å². The predicted octanol–water partition coefficient (Wildman–Crippen LogP) is 3.32. The molecule has 0 N–H and O–H groups in total. The number of carbonyl (C=O) groups excluding carboxylic acids is 2. The number of benzene rings is 1. The van der Waals surface area contributed by atoms with E-state index in [4.69, 9.17) is 4.74 Å². The molecule has 2 aliphatic heterocycles. The zero-order valence-corrected chi connectivity index (χ0v) is 19.2. The second-order valence-corrected chi connectivity index (χ2v) is 10.8. The van der Waals surface area contributed by atoms with Crippen molar-refractivity contribution < 1.29 is 22.7 Å². The lowest BCUT2D eigenvalue weighted by molar-refractivity contribution is -0.140. The fourth-order valence-electron chi connectivity index (χ4n) is 5.42. The Morgan fingerprint density at radius 2 is 1.65 bits per heavy atom. The lowest BCUT2D eigenvalue weighted by Crippen LogP contribution is -2.43. The number of imide groups is 1. The maximum atomic E-state index is 13.6. The molecule has 2 heterocycles. The van der Waals surface area contributed by atoms with Gasteiger partial charge in [-0.05, 0) is 49.8 Å². The van der Waals surface area contributed by atoms with E-state index in [1.54, 1.807) is 22.5 Å². The van der Waals surface area contributed by atoms with E-state index in [1.165, 1.54) is 12.0 Å². The highest BCUT2D eigenvalue weighted by Gasteiger charge is 2.48. The molecule has 0 aromatic heterocycles. The molecule has 1 aromatic rings. The number of sulfonamides is 1. The molecule has 0 unspecified atom stereocenters. The van der Waals surface area contributed by atoms with E-state index < -0.39 is 10.0 Å². The molecule has 31 heavy (non-hydrogen) atoms. The van der Waals surface area contributed by atoms with Crippen LogP contribution in [0.2, 0.25) is 0 Å². The fourth-order valence-corrected chi connectivity index (χ4v) is 7.39. The van der Waals surface area contributed by atoms with Crippen LogP contribution in [0.4, 0.5) is 0 Å². The molecule has 0 spiro atoms. The Hall–Kier alpha value is -1.93. The molecule has 3 fully saturated rings. The molecule has 1 aromatic carbocycles. The third-order valence-corrected chi connectivity index (χ3v) is 9.11. The number of nitrogens with zero attached hydrogens (tertiary/aromatic N) is 2. The van der Waals surface area contributed by atoms with Crippen molar-refractivity contribution in [3.8, 4) is 5.75 Å². The summed E-state index contributed by atoms with van der Waals surface area (Å²) in [7, 11) is -2.29. The summed E-state index contributed by atoms with van der Waals surface area (Å²) in [5, 5.41) is 0. The van der Waals surface area contributed by atoms with Crippen molar-refractivity contribution in [1.29, 1.82) is 0 Å². The van der Waals surface area contributed by atoms with Gasteiger partial charge in [-0.1, -0.05) is 32.3 Å². The van der Waals surface area contributed by atoms with Crippen LogP contribution in [0.15, 0.2) is 23.1 Å². The van der Waals surface area contributed by atoms with E-state index in [2.05, 4.69) is 0 Å². The lowest BCUT2D eigenvalue weighted by atomic mass is 9.81. The van der Waals surface area contributed by atoms with Gasteiger partial charge < -0.3 is 4.74 Å². The minimum Gasteiger partial charge on any atom is -0.495 e. The maximum absolute atomic E-state index is 13.6. The highest BCUT2D eigenvalue weighted by atomic mass is 32.2. The van der Waals surface area contributed by atoms with Gasteiger partial charge in [0.15, 0.2) is 0 Å². The van der Waals surface area contributed by atoms with Gasteiger partial charge in [-0.2, -0.15) is 4.31 Å². The highest BCUT2D eigenvalue weighted by molar-refractivity contribution is 7.89. The first-order valence-electron chi connectivity index (χ1n) is 11.4. The number of hydrogen-bond acceptors (Lipinski definition) is 5. The van der Waals surface area contributed by atoms with Crippen LogP contribution in [0.25, 0.3) is 0 Å². The molecule has 1 aliphatic carbocycles.